The topological polar surface area (TPSA) is 32.6 Å². The van der Waals surface area contributed by atoms with Crippen molar-refractivity contribution >= 4 is 6.21 Å². The standard InChI is InChI=1S/C7H13NO/c1-8-5-6-2-3-7(9)4-6/h5-7,9H,2-4H2,1H3/t6?,7-/m0/s1. The van der Waals surface area contributed by atoms with Crippen molar-refractivity contribution in [2.24, 2.45) is 10.9 Å². The normalized spacial score (nSPS) is 36.2. The van der Waals surface area contributed by atoms with Crippen LogP contribution < -0.4 is 0 Å². The van der Waals surface area contributed by atoms with Crippen LogP contribution in [0.4, 0.5) is 0 Å². The van der Waals surface area contributed by atoms with E-state index in [4.69, 9.17) is 5.11 Å². The largest absolute Gasteiger partial charge is 0.393 e. The van der Waals surface area contributed by atoms with E-state index in [1.54, 1.807) is 7.05 Å². The van der Waals surface area contributed by atoms with Gasteiger partial charge in [-0.1, -0.05) is 0 Å². The molecule has 1 N–H and O–H groups in total. The van der Waals surface area contributed by atoms with Crippen LogP contribution in [0.15, 0.2) is 4.99 Å². The quantitative estimate of drug-likeness (QED) is 0.520. The summed E-state index contributed by atoms with van der Waals surface area (Å²) in [7, 11) is 1.78. The Hall–Kier alpha value is -0.370. The number of aliphatic imine (C=N–C) groups is 1. The Morgan fingerprint density at radius 2 is 2.33 bits per heavy atom. The number of aliphatic hydroxyl groups is 1. The molecule has 1 aliphatic carbocycles. The molecule has 0 spiro atoms. The van der Waals surface area contributed by atoms with Gasteiger partial charge in [0.15, 0.2) is 0 Å². The van der Waals surface area contributed by atoms with E-state index in [-0.39, 0.29) is 6.10 Å². The van der Waals surface area contributed by atoms with Crippen LogP contribution in [0.5, 0.6) is 0 Å². The van der Waals surface area contributed by atoms with Crippen LogP contribution in [0.25, 0.3) is 0 Å². The fraction of sp³-hybridized carbons (Fsp3) is 0.857. The first kappa shape index (κ1) is 6.75. The molecule has 2 atom stereocenters. The molecule has 9 heavy (non-hydrogen) atoms. The Balaban J connectivity index is 2.30. The van der Waals surface area contributed by atoms with Gasteiger partial charge in [-0.05, 0) is 25.2 Å². The number of hydrogen-bond acceptors (Lipinski definition) is 2. The minimum absolute atomic E-state index is 0.0620. The van der Waals surface area contributed by atoms with Crippen LogP contribution in [0.1, 0.15) is 19.3 Å². The maximum atomic E-state index is 9.06. The molecule has 1 saturated carbocycles. The summed E-state index contributed by atoms with van der Waals surface area (Å²) >= 11 is 0. The minimum Gasteiger partial charge on any atom is -0.393 e. The van der Waals surface area contributed by atoms with Gasteiger partial charge in [-0.2, -0.15) is 0 Å². The molecule has 52 valence electrons. The summed E-state index contributed by atoms with van der Waals surface area (Å²) < 4.78 is 0. The number of rotatable bonds is 1. The zero-order chi connectivity index (χ0) is 6.69. The van der Waals surface area contributed by atoms with Crippen molar-refractivity contribution in [3.63, 3.8) is 0 Å². The number of aliphatic hydroxyl groups excluding tert-OH is 1. The summed E-state index contributed by atoms with van der Waals surface area (Å²) in [5.74, 6) is 0.546. The van der Waals surface area contributed by atoms with E-state index in [0.717, 1.165) is 19.3 Å². The van der Waals surface area contributed by atoms with Crippen molar-refractivity contribution < 1.29 is 5.11 Å². The van der Waals surface area contributed by atoms with E-state index in [9.17, 15) is 0 Å². The van der Waals surface area contributed by atoms with Gasteiger partial charge in [0, 0.05) is 13.3 Å². The van der Waals surface area contributed by atoms with E-state index >= 15 is 0 Å². The Morgan fingerprint density at radius 1 is 1.56 bits per heavy atom. The lowest BCUT2D eigenvalue weighted by Gasteiger charge is -1.98. The van der Waals surface area contributed by atoms with E-state index in [1.807, 2.05) is 6.21 Å². The summed E-state index contributed by atoms with van der Waals surface area (Å²) in [6, 6.07) is 0. The zero-order valence-electron chi connectivity index (χ0n) is 5.75. The van der Waals surface area contributed by atoms with Crippen molar-refractivity contribution in [1.29, 1.82) is 0 Å². The van der Waals surface area contributed by atoms with Crippen molar-refractivity contribution in [2.75, 3.05) is 7.05 Å². The highest BCUT2D eigenvalue weighted by Gasteiger charge is 2.20. The van der Waals surface area contributed by atoms with E-state index < -0.39 is 0 Å². The van der Waals surface area contributed by atoms with Crippen LogP contribution in [-0.4, -0.2) is 24.5 Å². The highest BCUT2D eigenvalue weighted by molar-refractivity contribution is 5.60. The van der Waals surface area contributed by atoms with Crippen molar-refractivity contribution in [2.45, 2.75) is 25.4 Å². The molecular formula is C7H13NO. The second kappa shape index (κ2) is 2.97. The average Bonchev–Trinajstić information content (AvgIpc) is 2.17. The number of hydrogen-bond donors (Lipinski definition) is 1. The molecule has 0 aromatic rings. The molecule has 2 heteroatoms. The van der Waals surface area contributed by atoms with Crippen LogP contribution in [-0.2, 0) is 0 Å². The third-order valence-electron chi connectivity index (χ3n) is 1.81. The lowest BCUT2D eigenvalue weighted by molar-refractivity contribution is 0.181. The molecule has 1 aliphatic rings. The highest BCUT2D eigenvalue weighted by atomic mass is 16.3. The van der Waals surface area contributed by atoms with Crippen LogP contribution >= 0.6 is 0 Å². The molecule has 0 bridgehead atoms. The first-order chi connectivity index (χ1) is 4.33. The van der Waals surface area contributed by atoms with Gasteiger partial charge < -0.3 is 10.1 Å². The Kier molecular flexibility index (Phi) is 2.22. The average molecular weight is 127 g/mol. The molecule has 0 heterocycles. The molecule has 1 rings (SSSR count). The van der Waals surface area contributed by atoms with Crippen molar-refractivity contribution in [3.8, 4) is 0 Å². The highest BCUT2D eigenvalue weighted by Crippen LogP contribution is 2.23. The predicted octanol–water partition coefficient (Wildman–Crippen LogP) is 0.848. The molecule has 0 aliphatic heterocycles. The van der Waals surface area contributed by atoms with Crippen LogP contribution in [0.3, 0.4) is 0 Å². The van der Waals surface area contributed by atoms with E-state index in [1.165, 1.54) is 0 Å². The Morgan fingerprint density at radius 3 is 2.78 bits per heavy atom. The van der Waals surface area contributed by atoms with Gasteiger partial charge in [0.1, 0.15) is 0 Å². The zero-order valence-corrected chi connectivity index (χ0v) is 5.75. The summed E-state index contributed by atoms with van der Waals surface area (Å²) in [6.45, 7) is 0. The monoisotopic (exact) mass is 127 g/mol. The van der Waals surface area contributed by atoms with E-state index in [0.29, 0.717) is 5.92 Å². The SMILES string of the molecule is CN=CC1CC[C@H](O)C1. The van der Waals surface area contributed by atoms with Gasteiger partial charge in [0.25, 0.3) is 0 Å². The van der Waals surface area contributed by atoms with Gasteiger partial charge in [0.2, 0.25) is 0 Å². The molecule has 1 unspecified atom stereocenters. The predicted molar refractivity (Wildman–Crippen MR) is 37.8 cm³/mol. The second-order valence-electron chi connectivity index (χ2n) is 2.63. The van der Waals surface area contributed by atoms with Gasteiger partial charge in [-0.25, -0.2) is 0 Å². The Labute approximate surface area is 55.6 Å². The second-order valence-corrected chi connectivity index (χ2v) is 2.63. The van der Waals surface area contributed by atoms with Gasteiger partial charge in [-0.3, -0.25) is 0 Å². The van der Waals surface area contributed by atoms with E-state index in [2.05, 4.69) is 4.99 Å². The summed E-state index contributed by atoms with van der Waals surface area (Å²) in [5, 5.41) is 9.06. The molecule has 0 aromatic heterocycles. The van der Waals surface area contributed by atoms with Crippen LogP contribution in [0.2, 0.25) is 0 Å². The first-order valence-corrected chi connectivity index (χ1v) is 3.43. The molecular weight excluding hydrogens is 114 g/mol. The Bertz CT molecular complexity index is 111. The molecule has 0 amide bonds. The molecule has 2 nitrogen and oxygen atoms in total. The molecule has 0 saturated heterocycles. The van der Waals surface area contributed by atoms with Gasteiger partial charge >= 0.3 is 0 Å². The summed E-state index contributed by atoms with van der Waals surface area (Å²) in [4.78, 5) is 3.92. The fourth-order valence-electron chi connectivity index (χ4n) is 1.34. The third-order valence-corrected chi connectivity index (χ3v) is 1.81. The molecule has 0 radical (unpaired) electrons. The van der Waals surface area contributed by atoms with Gasteiger partial charge in [-0.15, -0.1) is 0 Å². The number of nitrogens with zero attached hydrogens (tertiary/aromatic N) is 1. The maximum Gasteiger partial charge on any atom is 0.0546 e. The minimum atomic E-state index is -0.0620. The summed E-state index contributed by atoms with van der Waals surface area (Å²) in [6.07, 6.45) is 4.86. The fourth-order valence-corrected chi connectivity index (χ4v) is 1.34. The summed E-state index contributed by atoms with van der Waals surface area (Å²) in [5.41, 5.74) is 0. The lowest BCUT2D eigenvalue weighted by atomic mass is 10.1. The van der Waals surface area contributed by atoms with Crippen molar-refractivity contribution in [3.05, 3.63) is 0 Å². The molecule has 1 fully saturated rings. The maximum absolute atomic E-state index is 9.06. The lowest BCUT2D eigenvalue weighted by Crippen LogP contribution is -2.00. The third kappa shape index (κ3) is 1.79. The van der Waals surface area contributed by atoms with Gasteiger partial charge in [0.05, 0.1) is 6.10 Å². The van der Waals surface area contributed by atoms with Crippen molar-refractivity contribution in [1.82, 2.24) is 0 Å². The van der Waals surface area contributed by atoms with Crippen LogP contribution in [0, 0.1) is 5.92 Å². The smallest absolute Gasteiger partial charge is 0.0546 e. The first-order valence-electron chi connectivity index (χ1n) is 3.43. The molecule has 0 aromatic carbocycles.